The summed E-state index contributed by atoms with van der Waals surface area (Å²) in [5.41, 5.74) is 1.58. The predicted octanol–water partition coefficient (Wildman–Crippen LogP) is 5.11. The number of piperidine rings is 1. The second-order valence-electron chi connectivity index (χ2n) is 7.54. The SMILES string of the molecule is Cn1cc2cc([C@@H]3CCCN(Cc4cc(F)cc(C(F)(F)F)c4)C3)ccc2n1. The molecule has 2 heterocycles. The van der Waals surface area contributed by atoms with Crippen molar-refractivity contribution in [3.8, 4) is 0 Å². The topological polar surface area (TPSA) is 21.1 Å². The maximum atomic E-state index is 13.7. The lowest BCUT2D eigenvalue weighted by atomic mass is 9.90. The maximum absolute atomic E-state index is 13.7. The molecule has 0 amide bonds. The molecule has 7 heteroatoms. The first-order chi connectivity index (χ1) is 13.3. The fraction of sp³-hybridized carbons (Fsp3) is 0.381. The highest BCUT2D eigenvalue weighted by atomic mass is 19.4. The maximum Gasteiger partial charge on any atom is 0.416 e. The second-order valence-corrected chi connectivity index (χ2v) is 7.54. The number of fused-ring (bicyclic) bond motifs is 1. The van der Waals surface area contributed by atoms with E-state index in [-0.39, 0.29) is 0 Å². The number of hydrogen-bond donors (Lipinski definition) is 0. The van der Waals surface area contributed by atoms with Crippen molar-refractivity contribution >= 4 is 10.9 Å². The highest BCUT2D eigenvalue weighted by Gasteiger charge is 2.31. The number of benzene rings is 2. The molecule has 2 aromatic carbocycles. The zero-order valence-corrected chi connectivity index (χ0v) is 15.5. The van der Waals surface area contributed by atoms with Gasteiger partial charge in [0.05, 0.1) is 11.1 Å². The summed E-state index contributed by atoms with van der Waals surface area (Å²) in [6.07, 6.45) is -0.582. The summed E-state index contributed by atoms with van der Waals surface area (Å²) in [5, 5.41) is 5.47. The van der Waals surface area contributed by atoms with E-state index >= 15 is 0 Å². The Bertz CT molecular complexity index is 993. The molecule has 1 fully saturated rings. The van der Waals surface area contributed by atoms with E-state index < -0.39 is 17.6 Å². The molecule has 1 aromatic heterocycles. The quantitative estimate of drug-likeness (QED) is 0.579. The van der Waals surface area contributed by atoms with Gasteiger partial charge in [-0.05, 0) is 66.8 Å². The average molecular weight is 391 g/mol. The standard InChI is InChI=1S/C21H21F4N3/c1-27-12-17-9-15(4-5-20(17)26-27)16-3-2-6-28(13-16)11-14-7-18(21(23,24)25)10-19(22)8-14/h4-5,7-10,12,16H,2-3,6,11,13H2,1H3/t16-/m1/s1. The van der Waals surface area contributed by atoms with Crippen molar-refractivity contribution in [2.45, 2.75) is 31.5 Å². The molecular weight excluding hydrogens is 370 g/mol. The Morgan fingerprint density at radius 1 is 1.14 bits per heavy atom. The molecule has 1 atom stereocenters. The summed E-state index contributed by atoms with van der Waals surface area (Å²) >= 11 is 0. The van der Waals surface area contributed by atoms with Gasteiger partial charge in [-0.3, -0.25) is 9.58 Å². The number of halogens is 4. The fourth-order valence-electron chi connectivity index (χ4n) is 4.06. The first kappa shape index (κ1) is 18.9. The predicted molar refractivity (Wildman–Crippen MR) is 99.4 cm³/mol. The molecule has 1 saturated heterocycles. The van der Waals surface area contributed by atoms with Crippen molar-refractivity contribution < 1.29 is 17.6 Å². The molecule has 1 aliphatic heterocycles. The van der Waals surface area contributed by atoms with Crippen molar-refractivity contribution in [2.24, 2.45) is 7.05 Å². The van der Waals surface area contributed by atoms with E-state index in [9.17, 15) is 17.6 Å². The number of likely N-dealkylation sites (tertiary alicyclic amines) is 1. The molecule has 28 heavy (non-hydrogen) atoms. The Hall–Kier alpha value is -2.41. The van der Waals surface area contributed by atoms with E-state index in [1.54, 1.807) is 4.68 Å². The summed E-state index contributed by atoms with van der Waals surface area (Å²) < 4.78 is 54.3. The Balaban J connectivity index is 1.51. The van der Waals surface area contributed by atoms with Crippen LogP contribution < -0.4 is 0 Å². The Kier molecular flexibility index (Phi) is 4.87. The number of aryl methyl sites for hydroxylation is 1. The molecule has 148 valence electrons. The van der Waals surface area contributed by atoms with Crippen LogP contribution in [0.4, 0.5) is 17.6 Å². The lowest BCUT2D eigenvalue weighted by molar-refractivity contribution is -0.137. The van der Waals surface area contributed by atoms with Gasteiger partial charge in [-0.2, -0.15) is 18.3 Å². The summed E-state index contributed by atoms with van der Waals surface area (Å²) in [6, 6.07) is 9.01. The highest BCUT2D eigenvalue weighted by Crippen LogP contribution is 2.32. The van der Waals surface area contributed by atoms with E-state index in [1.165, 1.54) is 11.6 Å². The zero-order valence-electron chi connectivity index (χ0n) is 15.5. The zero-order chi connectivity index (χ0) is 19.9. The number of alkyl halides is 3. The van der Waals surface area contributed by atoms with Gasteiger partial charge in [0.15, 0.2) is 0 Å². The second kappa shape index (κ2) is 7.20. The third-order valence-corrected chi connectivity index (χ3v) is 5.31. The summed E-state index contributed by atoms with van der Waals surface area (Å²) in [7, 11) is 1.89. The largest absolute Gasteiger partial charge is 0.416 e. The van der Waals surface area contributed by atoms with Gasteiger partial charge in [-0.15, -0.1) is 0 Å². The van der Waals surface area contributed by atoms with Crippen molar-refractivity contribution in [1.29, 1.82) is 0 Å². The molecule has 1 aliphatic rings. The summed E-state index contributed by atoms with van der Waals surface area (Å²) in [5.74, 6) is -0.547. The highest BCUT2D eigenvalue weighted by molar-refractivity contribution is 5.78. The van der Waals surface area contributed by atoms with Crippen LogP contribution in [0.5, 0.6) is 0 Å². The van der Waals surface area contributed by atoms with Crippen LogP contribution in [-0.2, 0) is 19.8 Å². The summed E-state index contributed by atoms with van der Waals surface area (Å²) in [4.78, 5) is 2.11. The van der Waals surface area contributed by atoms with Gasteiger partial charge < -0.3 is 0 Å². The number of hydrogen-bond acceptors (Lipinski definition) is 2. The monoisotopic (exact) mass is 391 g/mol. The van der Waals surface area contributed by atoms with Crippen LogP contribution in [0.2, 0.25) is 0 Å². The van der Waals surface area contributed by atoms with Gasteiger partial charge in [0.25, 0.3) is 0 Å². The third kappa shape index (κ3) is 4.04. The smallest absolute Gasteiger partial charge is 0.298 e. The minimum absolute atomic E-state index is 0.300. The number of nitrogens with zero attached hydrogens (tertiary/aromatic N) is 3. The normalized spacial score (nSPS) is 18.7. The van der Waals surface area contributed by atoms with E-state index in [0.29, 0.717) is 24.1 Å². The molecule has 3 aromatic rings. The molecule has 4 rings (SSSR count). The van der Waals surface area contributed by atoms with Crippen LogP contribution in [0.15, 0.2) is 42.6 Å². The van der Waals surface area contributed by atoms with Crippen LogP contribution in [-0.4, -0.2) is 27.8 Å². The molecule has 3 nitrogen and oxygen atoms in total. The summed E-state index contributed by atoms with van der Waals surface area (Å²) in [6.45, 7) is 1.85. The van der Waals surface area contributed by atoms with E-state index in [4.69, 9.17) is 0 Å². The van der Waals surface area contributed by atoms with Gasteiger partial charge in [0.2, 0.25) is 0 Å². The number of aromatic nitrogens is 2. The van der Waals surface area contributed by atoms with Gasteiger partial charge in [0, 0.05) is 31.7 Å². The van der Waals surface area contributed by atoms with Crippen LogP contribution in [0.1, 0.15) is 35.4 Å². The van der Waals surface area contributed by atoms with E-state index in [0.717, 1.165) is 42.9 Å². The van der Waals surface area contributed by atoms with Gasteiger partial charge >= 0.3 is 6.18 Å². The van der Waals surface area contributed by atoms with Crippen molar-refractivity contribution in [1.82, 2.24) is 14.7 Å². The van der Waals surface area contributed by atoms with Crippen LogP contribution in [0.3, 0.4) is 0 Å². The molecule has 0 N–H and O–H groups in total. The van der Waals surface area contributed by atoms with Gasteiger partial charge in [-0.1, -0.05) is 6.07 Å². The van der Waals surface area contributed by atoms with Crippen molar-refractivity contribution in [3.63, 3.8) is 0 Å². The fourth-order valence-corrected chi connectivity index (χ4v) is 4.06. The van der Waals surface area contributed by atoms with E-state index in [2.05, 4.69) is 22.1 Å². The third-order valence-electron chi connectivity index (χ3n) is 5.31. The van der Waals surface area contributed by atoms with Crippen molar-refractivity contribution in [3.05, 3.63) is 65.1 Å². The van der Waals surface area contributed by atoms with E-state index in [1.807, 2.05) is 19.3 Å². The molecule has 0 unspecified atom stereocenters. The average Bonchev–Trinajstić information content (AvgIpc) is 3.00. The van der Waals surface area contributed by atoms with Crippen molar-refractivity contribution in [2.75, 3.05) is 13.1 Å². The lowest BCUT2D eigenvalue weighted by Crippen LogP contribution is -2.34. The Labute approximate surface area is 160 Å². The van der Waals surface area contributed by atoms with Gasteiger partial charge in [-0.25, -0.2) is 4.39 Å². The number of rotatable bonds is 3. The first-order valence-electron chi connectivity index (χ1n) is 9.30. The molecule has 0 spiro atoms. The molecule has 0 aliphatic carbocycles. The molecular formula is C21H21F4N3. The van der Waals surface area contributed by atoms with Crippen LogP contribution >= 0.6 is 0 Å². The van der Waals surface area contributed by atoms with Crippen LogP contribution in [0.25, 0.3) is 10.9 Å². The van der Waals surface area contributed by atoms with Gasteiger partial charge in [0.1, 0.15) is 5.82 Å². The minimum atomic E-state index is -4.54. The molecule has 0 bridgehead atoms. The lowest BCUT2D eigenvalue weighted by Gasteiger charge is -2.33. The molecule has 0 saturated carbocycles. The Morgan fingerprint density at radius 3 is 2.75 bits per heavy atom. The molecule has 0 radical (unpaired) electrons. The minimum Gasteiger partial charge on any atom is -0.298 e. The van der Waals surface area contributed by atoms with Crippen LogP contribution in [0, 0.1) is 5.82 Å². The Morgan fingerprint density at radius 2 is 1.96 bits per heavy atom. The first-order valence-corrected chi connectivity index (χ1v) is 9.30.